The number of ether oxygens (including phenoxy) is 3. The van der Waals surface area contributed by atoms with Crippen LogP contribution in [0.2, 0.25) is 0 Å². The summed E-state index contributed by atoms with van der Waals surface area (Å²) in [7, 11) is 3.12. The second kappa shape index (κ2) is 14.0. The van der Waals surface area contributed by atoms with Crippen LogP contribution in [0, 0.1) is 0 Å². The summed E-state index contributed by atoms with van der Waals surface area (Å²) in [6, 6.07) is 5.01. The number of hydrogen-bond donors (Lipinski definition) is 2. The molecule has 0 aliphatic carbocycles. The topological polar surface area (TPSA) is 64.1 Å². The first kappa shape index (κ1) is 23.0. The predicted octanol–water partition coefficient (Wildman–Crippen LogP) is 3.21. The molecule has 0 saturated heterocycles. The normalized spacial score (nSPS) is 11.6. The molecular weight excluding hydrogens is 356 g/mol. The smallest absolute Gasteiger partial charge is 0.387 e. The van der Waals surface area contributed by atoms with Crippen LogP contribution in [0.5, 0.6) is 11.5 Å². The monoisotopic (exact) mass is 387 g/mol. The van der Waals surface area contributed by atoms with Gasteiger partial charge in [-0.15, -0.1) is 0 Å². The van der Waals surface area contributed by atoms with Gasteiger partial charge in [-0.2, -0.15) is 8.78 Å². The van der Waals surface area contributed by atoms with Gasteiger partial charge in [-0.3, -0.25) is 4.99 Å². The minimum Gasteiger partial charge on any atom is -0.493 e. The Kier molecular flexibility index (Phi) is 11.9. The summed E-state index contributed by atoms with van der Waals surface area (Å²) in [5.41, 5.74) is 0.860. The molecule has 8 heteroatoms. The van der Waals surface area contributed by atoms with Gasteiger partial charge in [0.1, 0.15) is 0 Å². The van der Waals surface area contributed by atoms with Crippen LogP contribution in [0.25, 0.3) is 0 Å². The van der Waals surface area contributed by atoms with E-state index in [1.54, 1.807) is 19.2 Å². The Balaban J connectivity index is 2.33. The average Bonchev–Trinajstić information content (AvgIpc) is 2.65. The van der Waals surface area contributed by atoms with E-state index in [2.05, 4.69) is 27.3 Å². The number of halogens is 2. The highest BCUT2D eigenvalue weighted by Gasteiger charge is 2.11. The molecular formula is C19H31F2N3O3. The number of methoxy groups -OCH3 is 1. The van der Waals surface area contributed by atoms with Crippen LogP contribution in [0.4, 0.5) is 8.78 Å². The summed E-state index contributed by atoms with van der Waals surface area (Å²) < 4.78 is 40.0. The number of alkyl halides is 2. The fraction of sp³-hybridized carbons (Fsp3) is 0.632. The first-order chi connectivity index (χ1) is 13.1. The Morgan fingerprint density at radius 2 is 1.85 bits per heavy atom. The van der Waals surface area contributed by atoms with Crippen molar-refractivity contribution in [3.8, 4) is 11.5 Å². The van der Waals surface area contributed by atoms with Crippen molar-refractivity contribution in [2.24, 2.45) is 4.99 Å². The molecule has 1 aromatic carbocycles. The van der Waals surface area contributed by atoms with Gasteiger partial charge in [0.25, 0.3) is 0 Å². The van der Waals surface area contributed by atoms with Crippen LogP contribution in [0.3, 0.4) is 0 Å². The van der Waals surface area contributed by atoms with Crippen LogP contribution < -0.4 is 20.1 Å². The van der Waals surface area contributed by atoms with E-state index in [9.17, 15) is 8.78 Å². The second-order valence-corrected chi connectivity index (χ2v) is 5.86. The van der Waals surface area contributed by atoms with Crippen molar-refractivity contribution in [3.63, 3.8) is 0 Å². The molecule has 0 bridgehead atoms. The number of benzene rings is 1. The molecule has 0 spiro atoms. The van der Waals surface area contributed by atoms with Crippen molar-refractivity contribution in [2.45, 2.75) is 39.2 Å². The number of aliphatic imine (C=N–C) groups is 1. The summed E-state index contributed by atoms with van der Waals surface area (Å²) in [6.07, 6.45) is 3.76. The number of nitrogens with one attached hydrogen (secondary N) is 2. The molecule has 1 rings (SSSR count). The Morgan fingerprint density at radius 3 is 2.52 bits per heavy atom. The van der Waals surface area contributed by atoms with Crippen LogP contribution in [-0.2, 0) is 11.2 Å². The lowest BCUT2D eigenvalue weighted by Gasteiger charge is -2.13. The van der Waals surface area contributed by atoms with Crippen molar-refractivity contribution in [2.75, 3.05) is 40.5 Å². The zero-order chi connectivity index (χ0) is 19.9. The van der Waals surface area contributed by atoms with E-state index < -0.39 is 6.61 Å². The Morgan fingerprint density at radius 1 is 1.11 bits per heavy atom. The average molecular weight is 387 g/mol. The van der Waals surface area contributed by atoms with E-state index in [-0.39, 0.29) is 11.5 Å². The van der Waals surface area contributed by atoms with E-state index in [0.29, 0.717) is 18.9 Å². The molecule has 0 saturated carbocycles. The summed E-state index contributed by atoms with van der Waals surface area (Å²) in [5, 5.41) is 6.41. The van der Waals surface area contributed by atoms with Gasteiger partial charge in [0.2, 0.25) is 0 Å². The molecule has 0 aliphatic rings. The molecule has 0 amide bonds. The van der Waals surface area contributed by atoms with Gasteiger partial charge in [-0.1, -0.05) is 19.4 Å². The molecule has 0 fully saturated rings. The van der Waals surface area contributed by atoms with Gasteiger partial charge in [0, 0.05) is 33.4 Å². The minimum atomic E-state index is -2.89. The molecule has 0 radical (unpaired) electrons. The van der Waals surface area contributed by atoms with Crippen LogP contribution in [0.1, 0.15) is 31.7 Å². The molecule has 0 aliphatic heterocycles. The molecule has 6 nitrogen and oxygen atoms in total. The summed E-state index contributed by atoms with van der Waals surface area (Å²) in [6.45, 7) is 2.15. The maximum Gasteiger partial charge on any atom is 0.387 e. The van der Waals surface area contributed by atoms with E-state index in [4.69, 9.17) is 9.47 Å². The Bertz CT molecular complexity index is 557. The van der Waals surface area contributed by atoms with Crippen LogP contribution >= 0.6 is 0 Å². The molecule has 27 heavy (non-hydrogen) atoms. The molecule has 0 unspecified atom stereocenters. The SMILES string of the molecule is CCCCOCCCNC(=NC)NCCc1ccc(OC)c(OC(F)F)c1. The van der Waals surface area contributed by atoms with Gasteiger partial charge in [0.05, 0.1) is 7.11 Å². The number of rotatable bonds is 13. The number of guanidine groups is 1. The largest absolute Gasteiger partial charge is 0.493 e. The number of hydrogen-bond acceptors (Lipinski definition) is 4. The van der Waals surface area contributed by atoms with Gasteiger partial charge in [0.15, 0.2) is 17.5 Å². The van der Waals surface area contributed by atoms with Gasteiger partial charge >= 0.3 is 6.61 Å². The Hall–Kier alpha value is -2.09. The fourth-order valence-corrected chi connectivity index (χ4v) is 2.34. The van der Waals surface area contributed by atoms with Gasteiger partial charge in [-0.05, 0) is 37.0 Å². The standard InChI is InChI=1S/C19H31F2N3O3/c1-4-5-12-26-13-6-10-23-19(22-2)24-11-9-15-7-8-16(25-3)17(14-15)27-18(20)21/h7-8,14,18H,4-6,9-13H2,1-3H3,(H2,22,23,24). The summed E-state index contributed by atoms with van der Waals surface area (Å²) in [5.74, 6) is 1.02. The van der Waals surface area contributed by atoms with Crippen molar-refractivity contribution >= 4 is 5.96 Å². The molecule has 0 atom stereocenters. The quantitative estimate of drug-likeness (QED) is 0.309. The predicted molar refractivity (Wildman–Crippen MR) is 103 cm³/mol. The van der Waals surface area contributed by atoms with Crippen LogP contribution in [-0.4, -0.2) is 53.0 Å². The lowest BCUT2D eigenvalue weighted by molar-refractivity contribution is -0.0512. The van der Waals surface area contributed by atoms with E-state index >= 15 is 0 Å². The van der Waals surface area contributed by atoms with Crippen molar-refractivity contribution in [3.05, 3.63) is 23.8 Å². The van der Waals surface area contributed by atoms with E-state index in [1.165, 1.54) is 7.11 Å². The third-order valence-electron chi connectivity index (χ3n) is 3.77. The number of unbranched alkanes of at least 4 members (excludes halogenated alkanes) is 1. The zero-order valence-corrected chi connectivity index (χ0v) is 16.4. The lowest BCUT2D eigenvalue weighted by Crippen LogP contribution is -2.39. The van der Waals surface area contributed by atoms with Crippen LogP contribution in [0.15, 0.2) is 23.2 Å². The molecule has 2 N–H and O–H groups in total. The number of nitrogens with zero attached hydrogens (tertiary/aromatic N) is 1. The van der Waals surface area contributed by atoms with E-state index in [0.717, 1.165) is 44.6 Å². The summed E-state index contributed by atoms with van der Waals surface area (Å²) in [4.78, 5) is 4.16. The third-order valence-corrected chi connectivity index (χ3v) is 3.77. The molecule has 0 aromatic heterocycles. The first-order valence-electron chi connectivity index (χ1n) is 9.24. The first-order valence-corrected chi connectivity index (χ1v) is 9.24. The van der Waals surface area contributed by atoms with E-state index in [1.807, 2.05) is 6.07 Å². The van der Waals surface area contributed by atoms with Crippen molar-refractivity contribution in [1.82, 2.24) is 10.6 Å². The minimum absolute atomic E-state index is 0.0376. The highest BCUT2D eigenvalue weighted by atomic mass is 19.3. The maximum atomic E-state index is 12.5. The fourth-order valence-electron chi connectivity index (χ4n) is 2.34. The highest BCUT2D eigenvalue weighted by Crippen LogP contribution is 2.29. The highest BCUT2D eigenvalue weighted by molar-refractivity contribution is 5.79. The summed E-state index contributed by atoms with van der Waals surface area (Å²) >= 11 is 0. The second-order valence-electron chi connectivity index (χ2n) is 5.86. The molecule has 0 heterocycles. The zero-order valence-electron chi connectivity index (χ0n) is 16.4. The van der Waals surface area contributed by atoms with Gasteiger partial charge < -0.3 is 24.8 Å². The third kappa shape index (κ3) is 9.98. The van der Waals surface area contributed by atoms with Crippen molar-refractivity contribution in [1.29, 1.82) is 0 Å². The molecule has 154 valence electrons. The lowest BCUT2D eigenvalue weighted by atomic mass is 10.1. The van der Waals surface area contributed by atoms with Crippen molar-refractivity contribution < 1.29 is 23.0 Å². The maximum absolute atomic E-state index is 12.5. The molecule has 1 aromatic rings. The Labute approximate surface area is 160 Å². The van der Waals surface area contributed by atoms with Gasteiger partial charge in [-0.25, -0.2) is 0 Å².